The van der Waals surface area contributed by atoms with E-state index >= 15 is 0 Å². The van der Waals surface area contributed by atoms with E-state index in [1.165, 1.54) is 0 Å². The first-order valence-corrected chi connectivity index (χ1v) is 5.56. The van der Waals surface area contributed by atoms with Gasteiger partial charge in [-0.15, -0.1) is 0 Å². The number of aryl methyl sites for hydroxylation is 2. The Morgan fingerprint density at radius 1 is 1.33 bits per heavy atom. The summed E-state index contributed by atoms with van der Waals surface area (Å²) in [5, 5.41) is 11.4. The zero-order valence-electron chi connectivity index (χ0n) is 10.9. The molecule has 1 amide bonds. The number of hydrogen-bond acceptors (Lipinski definition) is 4. The number of rotatable bonds is 4. The number of carboxylic acids is 1. The summed E-state index contributed by atoms with van der Waals surface area (Å²) in [5.74, 6) is -0.846. The van der Waals surface area contributed by atoms with E-state index in [1.54, 1.807) is 33.8 Å². The van der Waals surface area contributed by atoms with Gasteiger partial charge in [-0.2, -0.15) is 0 Å². The summed E-state index contributed by atoms with van der Waals surface area (Å²) in [5.41, 5.74) is 0.123. The van der Waals surface area contributed by atoms with Crippen molar-refractivity contribution in [3.05, 3.63) is 23.3 Å². The van der Waals surface area contributed by atoms with Gasteiger partial charge in [-0.3, -0.25) is 9.59 Å². The van der Waals surface area contributed by atoms with E-state index in [4.69, 9.17) is 5.11 Å². The van der Waals surface area contributed by atoms with Gasteiger partial charge in [0.05, 0.1) is 6.42 Å². The number of nitrogens with zero attached hydrogens (tertiary/aromatic N) is 2. The van der Waals surface area contributed by atoms with Gasteiger partial charge < -0.3 is 10.4 Å². The standard InChI is InChI=1S/C12H17N3O3/c1-7-5-9(14-8(2)13-7)11(18)15-12(3,4)6-10(16)17/h5H,6H2,1-4H3,(H,15,18)(H,16,17). The molecule has 1 rings (SSSR count). The summed E-state index contributed by atoms with van der Waals surface area (Å²) in [4.78, 5) is 30.7. The Morgan fingerprint density at radius 3 is 2.44 bits per heavy atom. The Hall–Kier alpha value is -1.98. The number of carbonyl (C=O) groups is 2. The molecule has 98 valence electrons. The van der Waals surface area contributed by atoms with Gasteiger partial charge in [-0.05, 0) is 33.8 Å². The van der Waals surface area contributed by atoms with Crippen molar-refractivity contribution in [2.45, 2.75) is 39.7 Å². The summed E-state index contributed by atoms with van der Waals surface area (Å²) >= 11 is 0. The van der Waals surface area contributed by atoms with Crippen LogP contribution in [0, 0.1) is 13.8 Å². The van der Waals surface area contributed by atoms with Crippen LogP contribution in [0.5, 0.6) is 0 Å². The Balaban J connectivity index is 2.85. The molecule has 0 saturated heterocycles. The van der Waals surface area contributed by atoms with E-state index < -0.39 is 17.4 Å². The van der Waals surface area contributed by atoms with Crippen LogP contribution in [0.2, 0.25) is 0 Å². The molecule has 0 fully saturated rings. The molecule has 0 aromatic carbocycles. The van der Waals surface area contributed by atoms with Crippen LogP contribution in [0.1, 0.15) is 42.3 Å². The summed E-state index contributed by atoms with van der Waals surface area (Å²) in [6.07, 6.45) is -0.151. The normalized spacial score (nSPS) is 11.1. The van der Waals surface area contributed by atoms with Crippen LogP contribution < -0.4 is 5.32 Å². The SMILES string of the molecule is Cc1cc(C(=O)NC(C)(C)CC(=O)O)nc(C)n1. The Kier molecular flexibility index (Phi) is 4.00. The predicted octanol–water partition coefficient (Wildman–Crippen LogP) is 1.08. The highest BCUT2D eigenvalue weighted by molar-refractivity contribution is 5.93. The summed E-state index contributed by atoms with van der Waals surface area (Å²) in [6.45, 7) is 6.78. The third-order valence-corrected chi connectivity index (χ3v) is 2.24. The molecule has 0 unspecified atom stereocenters. The molecule has 6 nitrogen and oxygen atoms in total. The van der Waals surface area contributed by atoms with Crippen LogP contribution in [-0.2, 0) is 4.79 Å². The van der Waals surface area contributed by atoms with Crippen LogP contribution in [-0.4, -0.2) is 32.5 Å². The van der Waals surface area contributed by atoms with Crippen molar-refractivity contribution in [1.82, 2.24) is 15.3 Å². The maximum atomic E-state index is 12.0. The number of aliphatic carboxylic acids is 1. The summed E-state index contributed by atoms with van der Waals surface area (Å²) in [6, 6.07) is 1.57. The van der Waals surface area contributed by atoms with Gasteiger partial charge in [0.25, 0.3) is 5.91 Å². The first-order valence-electron chi connectivity index (χ1n) is 5.56. The zero-order valence-corrected chi connectivity index (χ0v) is 10.9. The van der Waals surface area contributed by atoms with Crippen molar-refractivity contribution in [1.29, 1.82) is 0 Å². The quantitative estimate of drug-likeness (QED) is 0.835. The van der Waals surface area contributed by atoms with Gasteiger partial charge in [0.15, 0.2) is 0 Å². The van der Waals surface area contributed by atoms with E-state index in [9.17, 15) is 9.59 Å². The maximum Gasteiger partial charge on any atom is 0.305 e. The highest BCUT2D eigenvalue weighted by atomic mass is 16.4. The lowest BCUT2D eigenvalue weighted by Crippen LogP contribution is -2.45. The first-order chi connectivity index (χ1) is 8.19. The molecule has 2 N–H and O–H groups in total. The topological polar surface area (TPSA) is 92.2 Å². The number of hydrogen-bond donors (Lipinski definition) is 2. The molecule has 0 saturated carbocycles. The second kappa shape index (κ2) is 5.12. The predicted molar refractivity (Wildman–Crippen MR) is 65.3 cm³/mol. The molecule has 0 spiro atoms. The largest absolute Gasteiger partial charge is 0.481 e. The Morgan fingerprint density at radius 2 is 1.94 bits per heavy atom. The molecule has 0 aliphatic heterocycles. The highest BCUT2D eigenvalue weighted by Gasteiger charge is 2.25. The molecule has 0 bridgehead atoms. The fourth-order valence-corrected chi connectivity index (χ4v) is 1.63. The number of carbonyl (C=O) groups excluding carboxylic acids is 1. The third-order valence-electron chi connectivity index (χ3n) is 2.24. The highest BCUT2D eigenvalue weighted by Crippen LogP contribution is 2.10. The molecule has 0 aliphatic carbocycles. The van der Waals surface area contributed by atoms with Crippen molar-refractivity contribution in [2.24, 2.45) is 0 Å². The van der Waals surface area contributed by atoms with Crippen LogP contribution in [0.25, 0.3) is 0 Å². The third kappa shape index (κ3) is 4.12. The number of nitrogens with one attached hydrogen (secondary N) is 1. The minimum absolute atomic E-state index is 0.151. The van der Waals surface area contributed by atoms with Crippen molar-refractivity contribution in [3.8, 4) is 0 Å². The van der Waals surface area contributed by atoms with Crippen molar-refractivity contribution in [2.75, 3.05) is 0 Å². The molecule has 6 heteroatoms. The van der Waals surface area contributed by atoms with Crippen LogP contribution in [0.3, 0.4) is 0 Å². The molecular formula is C12H17N3O3. The lowest BCUT2D eigenvalue weighted by Gasteiger charge is -2.24. The van der Waals surface area contributed by atoms with E-state index in [1.807, 2.05) is 0 Å². The van der Waals surface area contributed by atoms with Gasteiger partial charge >= 0.3 is 5.97 Å². The minimum atomic E-state index is -0.963. The van der Waals surface area contributed by atoms with Crippen molar-refractivity contribution >= 4 is 11.9 Å². The summed E-state index contributed by atoms with van der Waals surface area (Å²) < 4.78 is 0. The second-order valence-electron chi connectivity index (χ2n) is 4.85. The molecule has 1 heterocycles. The first kappa shape index (κ1) is 14.1. The number of carboxylic acid groups (broad SMARTS) is 1. The van der Waals surface area contributed by atoms with Crippen LogP contribution in [0.15, 0.2) is 6.07 Å². The molecule has 0 aliphatic rings. The molecule has 0 radical (unpaired) electrons. The van der Waals surface area contributed by atoms with Crippen LogP contribution in [0.4, 0.5) is 0 Å². The lowest BCUT2D eigenvalue weighted by molar-refractivity contribution is -0.138. The lowest BCUT2D eigenvalue weighted by atomic mass is 10.0. The molecule has 18 heavy (non-hydrogen) atoms. The van der Waals surface area contributed by atoms with E-state index in [2.05, 4.69) is 15.3 Å². The van der Waals surface area contributed by atoms with Gasteiger partial charge in [0.1, 0.15) is 11.5 Å². The maximum absolute atomic E-state index is 12.0. The van der Waals surface area contributed by atoms with E-state index in [-0.39, 0.29) is 12.1 Å². The Labute approximate surface area is 105 Å². The smallest absolute Gasteiger partial charge is 0.305 e. The molecule has 1 aromatic heterocycles. The second-order valence-corrected chi connectivity index (χ2v) is 4.85. The Bertz CT molecular complexity index is 463. The monoisotopic (exact) mass is 251 g/mol. The zero-order chi connectivity index (χ0) is 13.9. The van der Waals surface area contributed by atoms with E-state index in [0.29, 0.717) is 11.5 Å². The van der Waals surface area contributed by atoms with Gasteiger partial charge in [-0.1, -0.05) is 0 Å². The van der Waals surface area contributed by atoms with Crippen LogP contribution >= 0.6 is 0 Å². The fourth-order valence-electron chi connectivity index (χ4n) is 1.63. The van der Waals surface area contributed by atoms with Crippen molar-refractivity contribution < 1.29 is 14.7 Å². The van der Waals surface area contributed by atoms with Gasteiger partial charge in [0.2, 0.25) is 0 Å². The van der Waals surface area contributed by atoms with Gasteiger partial charge in [-0.25, -0.2) is 9.97 Å². The van der Waals surface area contributed by atoms with Crippen molar-refractivity contribution in [3.63, 3.8) is 0 Å². The molecule has 0 atom stereocenters. The molecule has 1 aromatic rings. The molecular weight excluding hydrogens is 234 g/mol. The van der Waals surface area contributed by atoms with E-state index in [0.717, 1.165) is 0 Å². The average molecular weight is 251 g/mol. The number of aromatic nitrogens is 2. The average Bonchev–Trinajstić information content (AvgIpc) is 2.12. The fraction of sp³-hybridized carbons (Fsp3) is 0.500. The minimum Gasteiger partial charge on any atom is -0.481 e. The number of amides is 1. The van der Waals surface area contributed by atoms with Gasteiger partial charge in [0, 0.05) is 11.2 Å². The summed E-state index contributed by atoms with van der Waals surface area (Å²) in [7, 11) is 0.